The number of nitrogens with one attached hydrogen (secondary N) is 1. The van der Waals surface area contributed by atoms with E-state index in [1.165, 1.54) is 12.8 Å². The van der Waals surface area contributed by atoms with E-state index in [0.29, 0.717) is 21.8 Å². The lowest BCUT2D eigenvalue weighted by Gasteiger charge is -2.11. The van der Waals surface area contributed by atoms with Gasteiger partial charge in [-0.15, -0.1) is 0 Å². The number of hydrogen-bond donors (Lipinski definition) is 1. The molecule has 3 nitrogen and oxygen atoms in total. The van der Waals surface area contributed by atoms with Crippen molar-refractivity contribution in [2.75, 3.05) is 12.4 Å². The molecule has 0 radical (unpaired) electrons. The Hall–Kier alpha value is -0.840. The minimum absolute atomic E-state index is 0.510. The van der Waals surface area contributed by atoms with Crippen LogP contribution < -0.4 is 5.32 Å². The van der Waals surface area contributed by atoms with Crippen molar-refractivity contribution in [2.24, 2.45) is 0 Å². The first-order valence-electron chi connectivity index (χ1n) is 6.30. The molecule has 1 N–H and O–H groups in total. The maximum atomic E-state index is 6.24. The Balaban J connectivity index is 2.18. The Morgan fingerprint density at radius 2 is 2.00 bits per heavy atom. The summed E-state index contributed by atoms with van der Waals surface area (Å²) in [6, 6.07) is 5.32. The summed E-state index contributed by atoms with van der Waals surface area (Å²) in [6.07, 6.45) is 2.34. The topological polar surface area (TPSA) is 37.8 Å². The molecule has 2 aromatic rings. The van der Waals surface area contributed by atoms with E-state index >= 15 is 0 Å². The van der Waals surface area contributed by atoms with Gasteiger partial charge in [-0.2, -0.15) is 0 Å². The van der Waals surface area contributed by atoms with Crippen molar-refractivity contribution in [1.82, 2.24) is 9.97 Å². The highest BCUT2D eigenvalue weighted by atomic mass is 79.9. The highest BCUT2D eigenvalue weighted by Gasteiger charge is 2.29. The summed E-state index contributed by atoms with van der Waals surface area (Å²) in [7, 11) is 1.84. The number of nitrogens with zero attached hydrogens (tertiary/aromatic N) is 2. The molecule has 1 heterocycles. The van der Waals surface area contributed by atoms with Gasteiger partial charge in [0.15, 0.2) is 5.82 Å². The molecule has 1 aromatic heterocycles. The third-order valence-electron chi connectivity index (χ3n) is 3.25. The van der Waals surface area contributed by atoms with Crippen LogP contribution in [0.5, 0.6) is 0 Å². The molecular weight excluding hydrogens is 361 g/mol. The Morgan fingerprint density at radius 1 is 1.25 bits per heavy atom. The minimum atomic E-state index is 0.510. The van der Waals surface area contributed by atoms with E-state index in [9.17, 15) is 0 Å². The molecule has 1 aliphatic carbocycles. The molecule has 0 aliphatic heterocycles. The van der Waals surface area contributed by atoms with Crippen molar-refractivity contribution < 1.29 is 0 Å². The molecule has 104 valence electrons. The number of halogens is 3. The van der Waals surface area contributed by atoms with Crippen LogP contribution in [-0.2, 0) is 0 Å². The zero-order chi connectivity index (χ0) is 14.3. The first-order valence-corrected chi connectivity index (χ1v) is 7.85. The molecule has 0 atom stereocenters. The van der Waals surface area contributed by atoms with Gasteiger partial charge in [-0.1, -0.05) is 23.2 Å². The van der Waals surface area contributed by atoms with Crippen molar-refractivity contribution in [1.29, 1.82) is 0 Å². The van der Waals surface area contributed by atoms with Crippen molar-refractivity contribution >= 4 is 44.9 Å². The fourth-order valence-corrected chi connectivity index (χ4v) is 3.12. The molecule has 0 spiro atoms. The van der Waals surface area contributed by atoms with Crippen LogP contribution in [0.25, 0.3) is 11.4 Å². The van der Waals surface area contributed by atoms with Gasteiger partial charge >= 0.3 is 0 Å². The molecule has 1 fully saturated rings. The molecule has 0 saturated heterocycles. The first-order chi connectivity index (χ1) is 9.60. The third-order valence-corrected chi connectivity index (χ3v) is 4.59. The molecule has 20 heavy (non-hydrogen) atoms. The lowest BCUT2D eigenvalue weighted by molar-refractivity contribution is 0.980. The normalized spacial score (nSPS) is 14.4. The molecule has 1 aromatic carbocycles. The van der Waals surface area contributed by atoms with Crippen LogP contribution in [0.3, 0.4) is 0 Å². The number of benzene rings is 1. The van der Waals surface area contributed by atoms with E-state index in [1.54, 1.807) is 18.2 Å². The minimum Gasteiger partial charge on any atom is -0.372 e. The molecule has 0 bridgehead atoms. The van der Waals surface area contributed by atoms with Crippen LogP contribution in [-0.4, -0.2) is 17.0 Å². The van der Waals surface area contributed by atoms with Gasteiger partial charge in [0.1, 0.15) is 5.82 Å². The highest BCUT2D eigenvalue weighted by Crippen LogP contribution is 2.44. The van der Waals surface area contributed by atoms with Gasteiger partial charge in [-0.05, 0) is 47.0 Å². The second kappa shape index (κ2) is 5.51. The third kappa shape index (κ3) is 2.65. The number of aromatic nitrogens is 2. The van der Waals surface area contributed by atoms with E-state index in [0.717, 1.165) is 21.5 Å². The van der Waals surface area contributed by atoms with Gasteiger partial charge in [0.25, 0.3) is 0 Å². The second-order valence-electron chi connectivity index (χ2n) is 4.74. The zero-order valence-electron chi connectivity index (χ0n) is 10.8. The van der Waals surface area contributed by atoms with Gasteiger partial charge in [-0.3, -0.25) is 0 Å². The maximum absolute atomic E-state index is 6.24. The summed E-state index contributed by atoms with van der Waals surface area (Å²) < 4.78 is 0.935. The maximum Gasteiger partial charge on any atom is 0.163 e. The number of hydrogen-bond acceptors (Lipinski definition) is 3. The summed E-state index contributed by atoms with van der Waals surface area (Å²) in [5.41, 5.74) is 1.79. The van der Waals surface area contributed by atoms with Gasteiger partial charge in [-0.25, -0.2) is 9.97 Å². The lowest BCUT2D eigenvalue weighted by Crippen LogP contribution is -2.03. The fraction of sp³-hybridized carbons (Fsp3) is 0.286. The van der Waals surface area contributed by atoms with Crippen LogP contribution in [0.2, 0.25) is 10.0 Å². The van der Waals surface area contributed by atoms with Crippen LogP contribution in [0.1, 0.15) is 24.5 Å². The van der Waals surface area contributed by atoms with Crippen LogP contribution in [0.15, 0.2) is 22.7 Å². The Bertz CT molecular complexity index is 672. The summed E-state index contributed by atoms with van der Waals surface area (Å²) >= 11 is 15.9. The first kappa shape index (κ1) is 14.1. The quantitative estimate of drug-likeness (QED) is 0.811. The molecule has 3 rings (SSSR count). The van der Waals surface area contributed by atoms with E-state index in [2.05, 4.69) is 31.2 Å². The summed E-state index contributed by atoms with van der Waals surface area (Å²) in [5, 5.41) is 4.31. The summed E-state index contributed by atoms with van der Waals surface area (Å²) in [6.45, 7) is 0. The molecule has 0 unspecified atom stereocenters. The summed E-state index contributed by atoms with van der Waals surface area (Å²) in [4.78, 5) is 9.20. The predicted molar refractivity (Wildman–Crippen MR) is 86.7 cm³/mol. The Kier molecular flexibility index (Phi) is 3.89. The average Bonchev–Trinajstić information content (AvgIpc) is 3.26. The van der Waals surface area contributed by atoms with Crippen molar-refractivity contribution in [2.45, 2.75) is 18.8 Å². The highest BCUT2D eigenvalue weighted by molar-refractivity contribution is 9.10. The van der Waals surface area contributed by atoms with E-state index in [1.807, 2.05) is 7.05 Å². The predicted octanol–water partition coefficient (Wildman–Crippen LogP) is 5.13. The number of rotatable bonds is 3. The van der Waals surface area contributed by atoms with Gasteiger partial charge in [0, 0.05) is 23.6 Å². The number of anilines is 1. The van der Waals surface area contributed by atoms with E-state index < -0.39 is 0 Å². The van der Waals surface area contributed by atoms with Gasteiger partial charge < -0.3 is 5.32 Å². The van der Waals surface area contributed by atoms with Crippen LogP contribution in [0.4, 0.5) is 5.82 Å². The lowest BCUT2D eigenvalue weighted by atomic mass is 10.2. The molecule has 6 heteroatoms. The van der Waals surface area contributed by atoms with Gasteiger partial charge in [0.2, 0.25) is 0 Å². The Labute approximate surface area is 135 Å². The summed E-state index contributed by atoms with van der Waals surface area (Å²) in [5.74, 6) is 1.89. The van der Waals surface area contributed by atoms with Gasteiger partial charge in [0.05, 0.1) is 15.2 Å². The average molecular weight is 373 g/mol. The van der Waals surface area contributed by atoms with Crippen LogP contribution >= 0.6 is 39.1 Å². The second-order valence-corrected chi connectivity index (χ2v) is 6.38. The smallest absolute Gasteiger partial charge is 0.163 e. The monoisotopic (exact) mass is 371 g/mol. The van der Waals surface area contributed by atoms with Crippen molar-refractivity contribution in [3.63, 3.8) is 0 Å². The Morgan fingerprint density at radius 3 is 2.65 bits per heavy atom. The molecule has 1 saturated carbocycles. The van der Waals surface area contributed by atoms with Crippen molar-refractivity contribution in [3.8, 4) is 11.4 Å². The van der Waals surface area contributed by atoms with E-state index in [-0.39, 0.29) is 0 Å². The van der Waals surface area contributed by atoms with Crippen LogP contribution in [0, 0.1) is 0 Å². The van der Waals surface area contributed by atoms with E-state index in [4.69, 9.17) is 23.2 Å². The van der Waals surface area contributed by atoms with Crippen molar-refractivity contribution in [3.05, 3.63) is 38.4 Å². The fourth-order valence-electron chi connectivity index (χ4n) is 2.05. The SMILES string of the molecule is CNc1nc(-c2cc(Cl)ccc2Cl)nc(C2CC2)c1Br. The molecule has 1 aliphatic rings. The molecule has 0 amide bonds. The largest absolute Gasteiger partial charge is 0.372 e. The standard InChI is InChI=1S/C14H12BrCl2N3/c1-18-14-11(15)12(7-2-3-7)19-13(20-14)9-6-8(16)4-5-10(9)17/h4-7H,2-3H2,1H3,(H,18,19,20). The zero-order valence-corrected chi connectivity index (χ0v) is 13.8. The molecular formula is C14H12BrCl2N3.